The SMILES string of the molecule is CC(=O)N1C(=O)C2(CCNCC2)c2c(-c3ccn[nH]3)cc(C(=O)Nc3ccc(OC(F)(F)Cl)cc3)cc21. The summed E-state index contributed by atoms with van der Waals surface area (Å²) in [4.78, 5) is 40.7. The first-order valence-corrected chi connectivity index (χ1v) is 11.9. The lowest BCUT2D eigenvalue weighted by molar-refractivity contribution is -0.128. The number of fused-ring (bicyclic) bond motifs is 2. The molecule has 3 heterocycles. The number of imide groups is 1. The summed E-state index contributed by atoms with van der Waals surface area (Å²) in [5.41, 5.74) is -1.98. The van der Waals surface area contributed by atoms with Crippen LogP contribution in [0.15, 0.2) is 48.7 Å². The maximum absolute atomic E-state index is 13.7. The maximum Gasteiger partial charge on any atom is 0.487 e. The Hall–Kier alpha value is -3.83. The molecule has 9 nitrogen and oxygen atoms in total. The Kier molecular flexibility index (Phi) is 6.20. The summed E-state index contributed by atoms with van der Waals surface area (Å²) in [6, 6.07) is 10.2. The van der Waals surface area contributed by atoms with Crippen molar-refractivity contribution in [1.29, 1.82) is 0 Å². The number of nitrogens with zero attached hydrogens (tertiary/aromatic N) is 2. The van der Waals surface area contributed by atoms with Crippen LogP contribution in [0.25, 0.3) is 11.3 Å². The second-order valence-electron chi connectivity index (χ2n) is 8.91. The Bertz CT molecular complexity index is 1370. The number of benzene rings is 2. The van der Waals surface area contributed by atoms with Gasteiger partial charge in [0, 0.05) is 47.1 Å². The number of amides is 3. The van der Waals surface area contributed by atoms with E-state index in [4.69, 9.17) is 11.6 Å². The molecule has 3 amide bonds. The van der Waals surface area contributed by atoms with Crippen LogP contribution in [0.2, 0.25) is 0 Å². The molecule has 3 aromatic rings. The summed E-state index contributed by atoms with van der Waals surface area (Å²) in [6.45, 7) is 2.53. The summed E-state index contributed by atoms with van der Waals surface area (Å²) >= 11 is 4.79. The zero-order valence-electron chi connectivity index (χ0n) is 19.6. The molecular weight excluding hydrogens is 508 g/mol. The minimum atomic E-state index is -3.86. The molecule has 0 unspecified atom stereocenters. The monoisotopic (exact) mass is 529 g/mol. The van der Waals surface area contributed by atoms with E-state index in [9.17, 15) is 23.2 Å². The van der Waals surface area contributed by atoms with Gasteiger partial charge in [0.25, 0.3) is 5.91 Å². The molecule has 0 saturated carbocycles. The highest BCUT2D eigenvalue weighted by molar-refractivity contribution is 6.24. The van der Waals surface area contributed by atoms with Crippen molar-refractivity contribution in [3.05, 3.63) is 59.8 Å². The Morgan fingerprint density at radius 2 is 1.86 bits per heavy atom. The summed E-state index contributed by atoms with van der Waals surface area (Å²) < 4.78 is 30.0. The number of nitrogens with one attached hydrogen (secondary N) is 3. The lowest BCUT2D eigenvalue weighted by atomic mass is 9.72. The number of alkyl halides is 3. The molecule has 5 rings (SSSR count). The van der Waals surface area contributed by atoms with Crippen LogP contribution in [-0.2, 0) is 15.0 Å². The molecule has 2 aromatic carbocycles. The molecule has 1 aromatic heterocycles. The number of anilines is 2. The number of aromatic nitrogens is 2. The van der Waals surface area contributed by atoms with Crippen molar-refractivity contribution < 1.29 is 27.9 Å². The topological polar surface area (TPSA) is 116 Å². The molecule has 0 aliphatic carbocycles. The minimum Gasteiger partial charge on any atom is -0.420 e. The molecule has 37 heavy (non-hydrogen) atoms. The smallest absolute Gasteiger partial charge is 0.420 e. The average molecular weight is 530 g/mol. The van der Waals surface area contributed by atoms with Crippen LogP contribution in [0.5, 0.6) is 5.75 Å². The van der Waals surface area contributed by atoms with Crippen molar-refractivity contribution >= 4 is 40.7 Å². The highest BCUT2D eigenvalue weighted by Gasteiger charge is 2.54. The predicted molar refractivity (Wildman–Crippen MR) is 132 cm³/mol. The van der Waals surface area contributed by atoms with E-state index in [1.54, 1.807) is 18.3 Å². The Morgan fingerprint density at radius 3 is 2.46 bits per heavy atom. The van der Waals surface area contributed by atoms with Crippen molar-refractivity contribution in [2.24, 2.45) is 0 Å². The molecule has 1 fully saturated rings. The van der Waals surface area contributed by atoms with Gasteiger partial charge in [0.1, 0.15) is 5.75 Å². The van der Waals surface area contributed by atoms with Crippen LogP contribution in [-0.4, -0.2) is 46.6 Å². The van der Waals surface area contributed by atoms with Crippen molar-refractivity contribution in [3.63, 3.8) is 0 Å². The van der Waals surface area contributed by atoms with E-state index < -0.39 is 22.8 Å². The van der Waals surface area contributed by atoms with Crippen LogP contribution in [0, 0.1) is 0 Å². The zero-order chi connectivity index (χ0) is 26.4. The molecule has 0 bridgehead atoms. The third-order valence-corrected chi connectivity index (χ3v) is 6.70. The molecular formula is C25H22ClF2N5O4. The normalized spacial score (nSPS) is 16.5. The first-order valence-electron chi connectivity index (χ1n) is 11.5. The molecule has 2 aliphatic rings. The molecule has 12 heteroatoms. The number of H-pyrrole nitrogens is 1. The van der Waals surface area contributed by atoms with Gasteiger partial charge in [0.05, 0.1) is 16.8 Å². The summed E-state index contributed by atoms with van der Waals surface area (Å²) in [6.07, 6.45) is 2.58. The van der Waals surface area contributed by atoms with Gasteiger partial charge in [-0.15, -0.1) is 8.78 Å². The fraction of sp³-hybridized carbons (Fsp3) is 0.280. The van der Waals surface area contributed by atoms with Gasteiger partial charge in [-0.1, -0.05) is 0 Å². The molecule has 0 radical (unpaired) electrons. The van der Waals surface area contributed by atoms with Crippen molar-refractivity contribution in [1.82, 2.24) is 15.5 Å². The van der Waals surface area contributed by atoms with Crippen LogP contribution < -0.4 is 20.3 Å². The van der Waals surface area contributed by atoms with Crippen LogP contribution >= 0.6 is 11.6 Å². The van der Waals surface area contributed by atoms with E-state index in [0.717, 1.165) is 4.90 Å². The van der Waals surface area contributed by atoms with Crippen LogP contribution in [0.3, 0.4) is 0 Å². The number of rotatable bonds is 5. The second kappa shape index (κ2) is 9.24. The first kappa shape index (κ1) is 24.8. The number of piperidine rings is 1. The lowest BCUT2D eigenvalue weighted by Gasteiger charge is -2.33. The molecule has 0 atom stereocenters. The van der Waals surface area contributed by atoms with E-state index in [2.05, 4.69) is 25.6 Å². The highest BCUT2D eigenvalue weighted by atomic mass is 35.5. The number of aromatic amines is 1. The van der Waals surface area contributed by atoms with E-state index in [-0.39, 0.29) is 17.2 Å². The van der Waals surface area contributed by atoms with Gasteiger partial charge in [-0.25, -0.2) is 4.90 Å². The Balaban J connectivity index is 1.56. The Morgan fingerprint density at radius 1 is 1.16 bits per heavy atom. The first-order chi connectivity index (χ1) is 17.6. The van der Waals surface area contributed by atoms with Gasteiger partial charge < -0.3 is 15.4 Å². The summed E-state index contributed by atoms with van der Waals surface area (Å²) in [5, 5.41) is 12.9. The second-order valence-corrected chi connectivity index (χ2v) is 9.35. The van der Waals surface area contributed by atoms with Gasteiger partial charge in [-0.05, 0) is 68.4 Å². The van der Waals surface area contributed by atoms with Crippen molar-refractivity contribution in [2.45, 2.75) is 30.7 Å². The zero-order valence-corrected chi connectivity index (χ0v) is 20.4. The maximum atomic E-state index is 13.7. The molecule has 1 spiro atoms. The van der Waals surface area contributed by atoms with Crippen molar-refractivity contribution in [3.8, 4) is 17.0 Å². The fourth-order valence-electron chi connectivity index (χ4n) is 5.06. The predicted octanol–water partition coefficient (Wildman–Crippen LogP) is 4.01. The third kappa shape index (κ3) is 4.56. The quantitative estimate of drug-likeness (QED) is 0.430. The highest BCUT2D eigenvalue weighted by Crippen LogP contribution is 2.51. The van der Waals surface area contributed by atoms with E-state index in [1.165, 1.54) is 37.3 Å². The minimum absolute atomic E-state index is 0.181. The average Bonchev–Trinajstić information content (AvgIpc) is 3.46. The molecule has 192 valence electrons. The number of hydrogen-bond acceptors (Lipinski definition) is 6. The van der Waals surface area contributed by atoms with Gasteiger partial charge >= 0.3 is 5.57 Å². The number of carbonyl (C=O) groups excluding carboxylic acids is 3. The molecule has 1 saturated heterocycles. The van der Waals surface area contributed by atoms with Crippen molar-refractivity contribution in [2.75, 3.05) is 23.3 Å². The van der Waals surface area contributed by atoms with E-state index >= 15 is 0 Å². The van der Waals surface area contributed by atoms with E-state index in [1.807, 2.05) is 0 Å². The summed E-state index contributed by atoms with van der Waals surface area (Å²) in [7, 11) is 0. The van der Waals surface area contributed by atoms with Gasteiger partial charge in [-0.3, -0.25) is 19.5 Å². The number of ether oxygens (including phenoxy) is 1. The lowest BCUT2D eigenvalue weighted by Crippen LogP contribution is -2.48. The van der Waals surface area contributed by atoms with Gasteiger partial charge in [-0.2, -0.15) is 5.10 Å². The fourth-order valence-corrected chi connectivity index (χ4v) is 5.15. The van der Waals surface area contributed by atoms with Gasteiger partial charge in [0.15, 0.2) is 0 Å². The van der Waals surface area contributed by atoms with Gasteiger partial charge in [0.2, 0.25) is 11.8 Å². The summed E-state index contributed by atoms with van der Waals surface area (Å²) in [5.74, 6) is -1.45. The largest absolute Gasteiger partial charge is 0.487 e. The molecule has 3 N–H and O–H groups in total. The van der Waals surface area contributed by atoms with E-state index in [0.29, 0.717) is 54.1 Å². The van der Waals surface area contributed by atoms with Crippen LogP contribution in [0.1, 0.15) is 35.7 Å². The number of carbonyl (C=O) groups is 3. The Labute approximate surface area is 215 Å². The molecule has 2 aliphatic heterocycles. The number of halogens is 3. The standard InChI is InChI=1S/C25H22ClF2N5O4/c1-14(34)33-20-13-15(22(35)31-16-2-4-17(5-3-16)37-25(26,27)28)12-18(19-6-9-30-32-19)21(20)24(23(33)36)7-10-29-11-8-24/h2-6,9,12-13,29H,7-8,10-11H2,1H3,(H,30,32)(H,31,35). The number of hydrogen-bond donors (Lipinski definition) is 3. The van der Waals surface area contributed by atoms with Crippen LogP contribution in [0.4, 0.5) is 20.2 Å². The third-order valence-electron chi connectivity index (χ3n) is 6.62.